The summed E-state index contributed by atoms with van der Waals surface area (Å²) in [6.07, 6.45) is 38.2. The van der Waals surface area contributed by atoms with Gasteiger partial charge in [0.2, 0.25) is 0 Å². The number of hydrogen-bond donors (Lipinski definition) is 1. The highest BCUT2D eigenvalue weighted by molar-refractivity contribution is 14.1. The molecule has 4 unspecified atom stereocenters. The SMILES string of the molecule is C=C(/C=C\C(=C/CI)N(c1cccc(C)c1)C1CC=C=C/C=C(/C)C1)C1CC#C/C=C(/C[C@@H](NC2CCCC(C)C2)[C@H]2C=CC=C(C)C=C2)C=C1C. The van der Waals surface area contributed by atoms with E-state index in [1.165, 1.54) is 64.9 Å². The largest absolute Gasteiger partial charge is 0.338 e. The van der Waals surface area contributed by atoms with Gasteiger partial charge >= 0.3 is 0 Å². The Labute approximate surface area is 329 Å². The van der Waals surface area contributed by atoms with Crippen molar-refractivity contribution in [2.24, 2.45) is 17.8 Å². The van der Waals surface area contributed by atoms with E-state index in [-0.39, 0.29) is 12.0 Å². The Morgan fingerprint density at radius 1 is 1.12 bits per heavy atom. The van der Waals surface area contributed by atoms with Crippen LogP contribution in [-0.2, 0) is 0 Å². The minimum Gasteiger partial charge on any atom is -0.338 e. The fraction of sp³-hybridized carbons (Fsp3) is 0.408. The van der Waals surface area contributed by atoms with Gasteiger partial charge in [0.05, 0.1) is 0 Å². The number of alkyl halides is 1. The number of benzene rings is 1. The molecule has 0 amide bonds. The molecule has 4 aliphatic rings. The molecule has 1 aromatic carbocycles. The molecule has 1 aromatic rings. The van der Waals surface area contributed by atoms with Crippen LogP contribution in [0.25, 0.3) is 0 Å². The van der Waals surface area contributed by atoms with Crippen molar-refractivity contribution in [1.82, 2.24) is 5.32 Å². The van der Waals surface area contributed by atoms with Gasteiger partial charge in [-0.3, -0.25) is 0 Å². The van der Waals surface area contributed by atoms with Crippen molar-refractivity contribution in [2.45, 2.75) is 104 Å². The summed E-state index contributed by atoms with van der Waals surface area (Å²) in [4.78, 5) is 2.53. The zero-order chi connectivity index (χ0) is 36.9. The smallest absolute Gasteiger partial charge is 0.0419 e. The summed E-state index contributed by atoms with van der Waals surface area (Å²) < 4.78 is 0.918. The van der Waals surface area contributed by atoms with Crippen LogP contribution in [0, 0.1) is 36.5 Å². The van der Waals surface area contributed by atoms with E-state index >= 15 is 0 Å². The van der Waals surface area contributed by atoms with E-state index in [0.717, 1.165) is 41.6 Å². The van der Waals surface area contributed by atoms with Gasteiger partial charge in [-0.05, 0) is 119 Å². The van der Waals surface area contributed by atoms with E-state index in [4.69, 9.17) is 0 Å². The second-order valence-corrected chi connectivity index (χ2v) is 16.3. The quantitative estimate of drug-likeness (QED) is 0.0745. The minimum absolute atomic E-state index is 0.162. The molecular weight excluding hydrogens is 743 g/mol. The average molecular weight is 803 g/mol. The van der Waals surface area contributed by atoms with Crippen molar-refractivity contribution in [3.63, 3.8) is 0 Å². The number of halogens is 1. The van der Waals surface area contributed by atoms with Crippen molar-refractivity contribution >= 4 is 28.3 Å². The highest BCUT2D eigenvalue weighted by Crippen LogP contribution is 2.33. The number of nitrogens with zero attached hydrogens (tertiary/aromatic N) is 1. The van der Waals surface area contributed by atoms with Crippen LogP contribution in [0.4, 0.5) is 5.69 Å². The van der Waals surface area contributed by atoms with Gasteiger partial charge in [-0.15, -0.1) is 5.73 Å². The lowest BCUT2D eigenvalue weighted by molar-refractivity contribution is 0.268. The summed E-state index contributed by atoms with van der Waals surface area (Å²) in [6.45, 7) is 15.9. The summed E-state index contributed by atoms with van der Waals surface area (Å²) in [6, 6.07) is 10.1. The van der Waals surface area contributed by atoms with Gasteiger partial charge in [0.15, 0.2) is 0 Å². The van der Waals surface area contributed by atoms with Gasteiger partial charge < -0.3 is 10.2 Å². The normalized spacial score (nSPS) is 27.7. The maximum absolute atomic E-state index is 4.66. The molecule has 1 N–H and O–H groups in total. The zero-order valence-electron chi connectivity index (χ0n) is 32.2. The molecule has 272 valence electrons. The standard InChI is InChI=1S/C49H59IN2/c1-36-16-12-20-43(27-25-36)49(51-44-21-13-17-37(2)31-44)35-42-19-10-11-24-48(41(6)34-42)40(5)26-28-45(29-30-50)52(47-23-14-18-39(4)33-47)46-22-9-7-8-15-38(3)32-46/h8-9,12,14-16,18-20,23,25-29,33-34,37,43-44,46,48-49,51H,5,13,17,21-22,24,30-32,35H2,1-4,6H3/b28-26-,38-15-,41-34?,42-19+,45-29+/t7?,37?,43-,44?,46?,48?,49+/m0/s1. The van der Waals surface area contributed by atoms with Crippen LogP contribution in [0.2, 0.25) is 0 Å². The molecule has 4 aliphatic carbocycles. The number of nitrogens with one attached hydrogen (secondary N) is 1. The van der Waals surface area contributed by atoms with Crippen molar-refractivity contribution in [1.29, 1.82) is 0 Å². The third kappa shape index (κ3) is 11.7. The van der Waals surface area contributed by atoms with Gasteiger partial charge in [0, 0.05) is 52.2 Å². The van der Waals surface area contributed by atoms with E-state index in [1.54, 1.807) is 0 Å². The molecule has 1 saturated carbocycles. The number of aryl methyl sites for hydroxylation is 1. The van der Waals surface area contributed by atoms with Crippen LogP contribution in [0.5, 0.6) is 0 Å². The Morgan fingerprint density at radius 3 is 2.79 bits per heavy atom. The zero-order valence-corrected chi connectivity index (χ0v) is 34.3. The maximum Gasteiger partial charge on any atom is 0.0419 e. The Kier molecular flexibility index (Phi) is 15.3. The van der Waals surface area contributed by atoms with Gasteiger partial charge in [0.25, 0.3) is 0 Å². The molecule has 52 heavy (non-hydrogen) atoms. The van der Waals surface area contributed by atoms with E-state index in [1.807, 2.05) is 6.08 Å². The van der Waals surface area contributed by atoms with Crippen molar-refractivity contribution in [3.05, 3.63) is 155 Å². The van der Waals surface area contributed by atoms with E-state index < -0.39 is 0 Å². The van der Waals surface area contributed by atoms with Crippen molar-refractivity contribution < 1.29 is 0 Å². The molecule has 0 radical (unpaired) electrons. The van der Waals surface area contributed by atoms with Crippen LogP contribution in [-0.4, -0.2) is 22.6 Å². The first-order valence-electron chi connectivity index (χ1n) is 19.4. The van der Waals surface area contributed by atoms with E-state index in [2.05, 4.69) is 189 Å². The van der Waals surface area contributed by atoms with Gasteiger partial charge in [-0.2, -0.15) is 0 Å². The molecule has 0 saturated heterocycles. The van der Waals surface area contributed by atoms with Crippen molar-refractivity contribution in [2.75, 3.05) is 9.33 Å². The fourth-order valence-electron chi connectivity index (χ4n) is 8.04. The molecule has 0 aliphatic heterocycles. The first-order valence-corrected chi connectivity index (χ1v) is 20.9. The molecule has 0 spiro atoms. The molecule has 6 atom stereocenters. The van der Waals surface area contributed by atoms with Gasteiger partial charge in [0.1, 0.15) is 0 Å². The van der Waals surface area contributed by atoms with Crippen LogP contribution >= 0.6 is 22.6 Å². The van der Waals surface area contributed by atoms with Gasteiger partial charge in [-0.1, -0.05) is 144 Å². The van der Waals surface area contributed by atoms with Crippen molar-refractivity contribution in [3.8, 4) is 11.8 Å². The van der Waals surface area contributed by atoms with E-state index in [0.29, 0.717) is 18.0 Å². The molecule has 5 rings (SSSR count). The summed E-state index contributed by atoms with van der Waals surface area (Å²) in [7, 11) is 0. The maximum atomic E-state index is 4.66. The van der Waals surface area contributed by atoms with E-state index in [9.17, 15) is 0 Å². The Morgan fingerprint density at radius 2 is 1.98 bits per heavy atom. The lowest BCUT2D eigenvalue weighted by atomic mass is 9.83. The molecule has 2 nitrogen and oxygen atoms in total. The van der Waals surface area contributed by atoms with Crippen LogP contribution < -0.4 is 10.2 Å². The Balaban J connectivity index is 1.38. The molecule has 0 heterocycles. The summed E-state index contributed by atoms with van der Waals surface area (Å²) in [5.74, 6) is 8.22. The summed E-state index contributed by atoms with van der Waals surface area (Å²) in [5, 5.41) is 4.14. The Bertz CT molecular complexity index is 1800. The Hall–Kier alpha value is -3.55. The lowest BCUT2D eigenvalue weighted by Gasteiger charge is -2.35. The number of allylic oxidation sites excluding steroid dienone is 12. The number of hydrogen-bond acceptors (Lipinski definition) is 2. The first kappa shape index (κ1) is 39.7. The first-order chi connectivity index (χ1) is 25.2. The second-order valence-electron chi connectivity index (χ2n) is 15.4. The molecule has 0 bridgehead atoms. The highest BCUT2D eigenvalue weighted by Gasteiger charge is 2.27. The molecular formula is C49H59IN2. The molecule has 1 fully saturated rings. The molecule has 3 heteroatoms. The lowest BCUT2D eigenvalue weighted by Crippen LogP contribution is -2.44. The topological polar surface area (TPSA) is 15.3 Å². The monoisotopic (exact) mass is 802 g/mol. The highest BCUT2D eigenvalue weighted by atomic mass is 127. The average Bonchev–Trinajstić information content (AvgIpc) is 3.32. The summed E-state index contributed by atoms with van der Waals surface area (Å²) >= 11 is 2.47. The third-order valence-electron chi connectivity index (χ3n) is 10.9. The van der Waals surface area contributed by atoms with Crippen LogP contribution in [0.1, 0.15) is 84.6 Å². The fourth-order valence-corrected chi connectivity index (χ4v) is 8.49. The van der Waals surface area contributed by atoms with Crippen LogP contribution in [0.3, 0.4) is 0 Å². The van der Waals surface area contributed by atoms with Crippen LogP contribution in [0.15, 0.2) is 149 Å². The summed E-state index contributed by atoms with van der Waals surface area (Å²) in [5.41, 5.74) is 13.5. The molecule has 0 aromatic heterocycles. The third-order valence-corrected chi connectivity index (χ3v) is 11.3. The number of anilines is 1. The predicted molar refractivity (Wildman–Crippen MR) is 235 cm³/mol. The second kappa shape index (κ2) is 20.1. The minimum atomic E-state index is 0.162. The van der Waals surface area contributed by atoms with Gasteiger partial charge in [-0.25, -0.2) is 0 Å². The predicted octanol–water partition coefficient (Wildman–Crippen LogP) is 12.6. The number of rotatable bonds is 12.